The number of nitrogens with zero attached hydrogens (tertiary/aromatic N) is 1. The second-order valence-corrected chi connectivity index (χ2v) is 16.7. The van der Waals surface area contributed by atoms with E-state index >= 15 is 0 Å². The number of ketones is 1. The average Bonchev–Trinajstić information content (AvgIpc) is 3.53. The van der Waals surface area contributed by atoms with E-state index in [1.54, 1.807) is 31.3 Å². The van der Waals surface area contributed by atoms with E-state index in [1.807, 2.05) is 12.1 Å². The zero-order valence-corrected chi connectivity index (χ0v) is 30.9. The third-order valence-electron chi connectivity index (χ3n) is 14.4. The quantitative estimate of drug-likeness (QED) is 0.144. The summed E-state index contributed by atoms with van der Waals surface area (Å²) in [5.74, 6) is 0.220. The fourth-order valence-electron chi connectivity index (χ4n) is 12.3. The number of esters is 2. The van der Waals surface area contributed by atoms with E-state index in [-0.39, 0.29) is 57.7 Å². The summed E-state index contributed by atoms with van der Waals surface area (Å²) in [5, 5.41) is 1.50. The Morgan fingerprint density at radius 3 is 2.53 bits per heavy atom. The van der Waals surface area contributed by atoms with Crippen molar-refractivity contribution in [1.82, 2.24) is 5.06 Å². The molecule has 274 valence electrons. The molecule has 1 aromatic carbocycles. The van der Waals surface area contributed by atoms with Crippen molar-refractivity contribution in [2.24, 2.45) is 51.2 Å². The van der Waals surface area contributed by atoms with Crippen LogP contribution in [0.2, 0.25) is 0 Å². The fraction of sp³-hybridized carbons (Fsp3) is 0.619. The lowest BCUT2D eigenvalue weighted by molar-refractivity contribution is -0.154. The lowest BCUT2D eigenvalue weighted by atomic mass is 9.43. The highest BCUT2D eigenvalue weighted by Crippen LogP contribution is 2.87. The maximum Gasteiger partial charge on any atom is 0.357 e. The molecule has 6 aliphatic rings. The van der Waals surface area contributed by atoms with E-state index in [2.05, 4.69) is 39.5 Å². The number of allylic oxidation sites excluding steroid dienone is 3. The first-order valence-corrected chi connectivity index (χ1v) is 18.8. The topological polar surface area (TPSA) is 108 Å². The molecule has 1 heterocycles. The number of hydrogen-bond acceptors (Lipinski definition) is 9. The van der Waals surface area contributed by atoms with E-state index in [4.69, 9.17) is 19.0 Å². The highest BCUT2D eigenvalue weighted by atomic mass is 16.7. The van der Waals surface area contributed by atoms with Gasteiger partial charge in [0.2, 0.25) is 0 Å². The van der Waals surface area contributed by atoms with Crippen molar-refractivity contribution in [2.75, 3.05) is 20.2 Å². The van der Waals surface area contributed by atoms with Gasteiger partial charge >= 0.3 is 17.9 Å². The average molecular weight is 700 g/mol. The summed E-state index contributed by atoms with van der Waals surface area (Å²) in [4.78, 5) is 56.8. The van der Waals surface area contributed by atoms with Gasteiger partial charge in [0.15, 0.2) is 11.9 Å². The number of fused-ring (bicyclic) bond motifs is 2. The molecule has 0 aromatic heterocycles. The van der Waals surface area contributed by atoms with Gasteiger partial charge in [-0.2, -0.15) is 0 Å². The molecule has 0 bridgehead atoms. The fourth-order valence-corrected chi connectivity index (χ4v) is 12.3. The summed E-state index contributed by atoms with van der Waals surface area (Å²) >= 11 is 0. The van der Waals surface area contributed by atoms with Crippen LogP contribution in [0.25, 0.3) is 0 Å². The molecular weight excluding hydrogens is 646 g/mol. The molecule has 4 fully saturated rings. The number of benzene rings is 1. The molecule has 5 aliphatic carbocycles. The van der Waals surface area contributed by atoms with Crippen molar-refractivity contribution in [3.63, 3.8) is 0 Å². The minimum Gasteiger partial charge on any atom is -0.493 e. The molecule has 2 spiro atoms. The molecule has 9 nitrogen and oxygen atoms in total. The van der Waals surface area contributed by atoms with Crippen LogP contribution in [0.15, 0.2) is 66.5 Å². The normalized spacial score (nSPS) is 39.5. The molecule has 0 saturated heterocycles. The molecule has 0 N–H and O–H groups in total. The molecule has 11 atom stereocenters. The molecule has 1 aliphatic heterocycles. The van der Waals surface area contributed by atoms with E-state index in [9.17, 15) is 19.2 Å². The number of carbonyl (C=O) groups is 4. The van der Waals surface area contributed by atoms with Gasteiger partial charge < -0.3 is 19.0 Å². The Labute approximate surface area is 301 Å². The van der Waals surface area contributed by atoms with Crippen LogP contribution in [-0.4, -0.2) is 61.2 Å². The van der Waals surface area contributed by atoms with Gasteiger partial charge in [-0.25, -0.2) is 4.79 Å². The zero-order valence-electron chi connectivity index (χ0n) is 30.9. The van der Waals surface area contributed by atoms with Crippen LogP contribution < -0.4 is 0 Å². The predicted octanol–water partition coefficient (Wildman–Crippen LogP) is 7.03. The minimum atomic E-state index is -0.727. The molecule has 1 aromatic rings. The van der Waals surface area contributed by atoms with E-state index in [0.717, 1.165) is 37.7 Å². The molecular formula is C42H53NO8. The first-order chi connectivity index (χ1) is 24.2. The summed E-state index contributed by atoms with van der Waals surface area (Å²) in [6.45, 7) is 14.6. The van der Waals surface area contributed by atoms with Crippen molar-refractivity contribution in [3.05, 3.63) is 72.0 Å². The largest absolute Gasteiger partial charge is 0.493 e. The van der Waals surface area contributed by atoms with Gasteiger partial charge in [-0.3, -0.25) is 14.4 Å². The van der Waals surface area contributed by atoms with Crippen LogP contribution in [0.4, 0.5) is 0 Å². The van der Waals surface area contributed by atoms with E-state index in [0.29, 0.717) is 42.6 Å². The molecule has 51 heavy (non-hydrogen) atoms. The van der Waals surface area contributed by atoms with E-state index < -0.39 is 24.1 Å². The number of likely N-dealkylation sites (N-methyl/N-ethyl adjacent to an activating group) is 1. The number of rotatable bonds is 10. The predicted molar refractivity (Wildman–Crippen MR) is 189 cm³/mol. The smallest absolute Gasteiger partial charge is 0.357 e. The number of hydrogen-bond donors (Lipinski definition) is 0. The zero-order chi connectivity index (χ0) is 36.5. The third kappa shape index (κ3) is 5.43. The Bertz CT molecular complexity index is 1680. The number of ether oxygens (including phenoxy) is 3. The Kier molecular flexibility index (Phi) is 8.92. The van der Waals surface area contributed by atoms with Crippen LogP contribution >= 0.6 is 0 Å². The van der Waals surface area contributed by atoms with Crippen molar-refractivity contribution < 1.29 is 38.2 Å². The van der Waals surface area contributed by atoms with Gasteiger partial charge in [-0.1, -0.05) is 51.1 Å². The second kappa shape index (κ2) is 12.7. The maximum absolute atomic E-state index is 12.8. The van der Waals surface area contributed by atoms with Gasteiger partial charge in [-0.05, 0) is 96.8 Å². The van der Waals surface area contributed by atoms with Crippen LogP contribution in [-0.2, 0) is 33.4 Å². The Hall–Kier alpha value is -3.72. The Morgan fingerprint density at radius 2 is 1.84 bits per heavy atom. The Balaban J connectivity index is 1.21. The molecule has 7 rings (SSSR count). The van der Waals surface area contributed by atoms with Gasteiger partial charge in [0.25, 0.3) is 0 Å². The lowest BCUT2D eigenvalue weighted by Gasteiger charge is -2.60. The van der Waals surface area contributed by atoms with Crippen molar-refractivity contribution in [2.45, 2.75) is 91.8 Å². The first-order valence-electron chi connectivity index (χ1n) is 18.8. The number of carbonyl (C=O) groups excluding carboxylic acids is 4. The standard InChI is InChI=1S/C42H53NO8/c1-8-40-18-19-42-24-41(42)17-16-33(46)26(3)31(41)14-15-36(42)39(40,6)21-35(50-28(5)45)32(40)20-34(49-27(4)44)37-30(25(2)23-48-37)22-43(7)51-38(47)29-12-10-9-11-13-29/h8-13,16-17,25-26,31-32,34-36H,1,14-15,18-24H2,2-7H3. The van der Waals surface area contributed by atoms with Gasteiger partial charge in [-0.15, -0.1) is 11.6 Å². The summed E-state index contributed by atoms with van der Waals surface area (Å²) in [5.41, 5.74) is 0.914. The maximum atomic E-state index is 12.8. The molecule has 4 saturated carbocycles. The monoisotopic (exact) mass is 699 g/mol. The SMILES string of the molecule is C=CC12CCC34CC35C=CC(=O)C(C)C5CCC4C1(C)CC(OC(C)=O)C2CC(OC(C)=O)C1=C(CN(C)OC(=O)c2ccccc2)C(C)CO1. The molecule has 0 amide bonds. The summed E-state index contributed by atoms with van der Waals surface area (Å²) in [7, 11) is 1.71. The van der Waals surface area contributed by atoms with E-state index in [1.165, 1.54) is 18.9 Å². The Morgan fingerprint density at radius 1 is 1.10 bits per heavy atom. The van der Waals surface area contributed by atoms with Crippen molar-refractivity contribution in [1.29, 1.82) is 0 Å². The highest BCUT2D eigenvalue weighted by molar-refractivity contribution is 5.93. The van der Waals surface area contributed by atoms with Crippen molar-refractivity contribution >= 4 is 23.7 Å². The highest BCUT2D eigenvalue weighted by Gasteiger charge is 2.81. The second-order valence-electron chi connectivity index (χ2n) is 16.7. The van der Waals surface area contributed by atoms with Crippen molar-refractivity contribution in [3.8, 4) is 0 Å². The molecule has 11 unspecified atom stereocenters. The van der Waals surface area contributed by atoms with Gasteiger partial charge in [0, 0.05) is 44.1 Å². The van der Waals surface area contributed by atoms with Crippen LogP contribution in [0.5, 0.6) is 0 Å². The lowest BCUT2D eigenvalue weighted by Crippen LogP contribution is -2.55. The van der Waals surface area contributed by atoms with Gasteiger partial charge in [0.05, 0.1) is 18.7 Å². The molecule has 9 heteroatoms. The summed E-state index contributed by atoms with van der Waals surface area (Å²) in [6, 6.07) is 8.83. The molecule has 0 radical (unpaired) electrons. The van der Waals surface area contributed by atoms with Crippen LogP contribution in [0, 0.1) is 51.2 Å². The van der Waals surface area contributed by atoms with Crippen LogP contribution in [0.1, 0.15) is 89.9 Å². The summed E-state index contributed by atoms with van der Waals surface area (Å²) < 4.78 is 18.7. The number of hydroxylamine groups is 2. The summed E-state index contributed by atoms with van der Waals surface area (Å²) in [6.07, 6.45) is 11.3. The van der Waals surface area contributed by atoms with Crippen LogP contribution in [0.3, 0.4) is 0 Å². The van der Waals surface area contributed by atoms with Gasteiger partial charge in [0.1, 0.15) is 11.9 Å². The minimum absolute atomic E-state index is 0.00369. The first kappa shape index (κ1) is 35.7. The third-order valence-corrected chi connectivity index (χ3v) is 14.4.